The molecule has 0 aromatic heterocycles. The summed E-state index contributed by atoms with van der Waals surface area (Å²) in [4.78, 5) is 27.4. The normalized spacial score (nSPS) is 19.0. The molecule has 2 heterocycles. The van der Waals surface area contributed by atoms with Crippen molar-refractivity contribution in [2.75, 3.05) is 38.2 Å². The Morgan fingerprint density at radius 3 is 2.67 bits per heavy atom. The van der Waals surface area contributed by atoms with Crippen LogP contribution in [0.15, 0.2) is 18.2 Å². The predicted molar refractivity (Wildman–Crippen MR) is 79.1 cm³/mol. The Morgan fingerprint density at radius 2 is 1.95 bits per heavy atom. The minimum absolute atomic E-state index is 0.408. The number of quaternary nitrogens is 1. The van der Waals surface area contributed by atoms with E-state index in [2.05, 4.69) is 0 Å². The van der Waals surface area contributed by atoms with Crippen molar-refractivity contribution in [1.82, 2.24) is 0 Å². The van der Waals surface area contributed by atoms with Crippen molar-refractivity contribution < 1.29 is 19.2 Å². The van der Waals surface area contributed by atoms with E-state index in [0.29, 0.717) is 17.9 Å². The Hall–Kier alpha value is -1.88. The Bertz CT molecular complexity index is 565. The fourth-order valence-corrected chi connectivity index (χ4v) is 3.20. The molecule has 1 amide bonds. The number of likely N-dealkylation sites (tertiary alicyclic amines) is 1. The first kappa shape index (κ1) is 14.1. The maximum atomic E-state index is 12.2. The quantitative estimate of drug-likeness (QED) is 0.811. The van der Waals surface area contributed by atoms with Crippen molar-refractivity contribution in [3.63, 3.8) is 0 Å². The number of anilines is 1. The number of hydrogen-bond acceptors (Lipinski definition) is 3. The standard InChI is InChI=1S/C16H20N2O3/c1-21-12-5-6-14-13(11-12)15(19)16(20)18(14)10-9-17-7-3-2-4-8-17/h5-6,11H,2-4,7-10H2,1H3/p+1. The van der Waals surface area contributed by atoms with Gasteiger partial charge in [-0.05, 0) is 37.5 Å². The molecule has 1 saturated heterocycles. The molecule has 0 aliphatic carbocycles. The predicted octanol–water partition coefficient (Wildman–Crippen LogP) is 0.293. The summed E-state index contributed by atoms with van der Waals surface area (Å²) in [6, 6.07) is 5.26. The first-order valence-corrected chi connectivity index (χ1v) is 7.58. The van der Waals surface area contributed by atoms with Gasteiger partial charge in [0, 0.05) is 0 Å². The summed E-state index contributed by atoms with van der Waals surface area (Å²) in [5, 5.41) is 0. The molecular formula is C16H21N2O3+. The van der Waals surface area contributed by atoms with Crippen LogP contribution in [0.3, 0.4) is 0 Å². The van der Waals surface area contributed by atoms with Crippen LogP contribution in [0.2, 0.25) is 0 Å². The van der Waals surface area contributed by atoms with Crippen molar-refractivity contribution in [1.29, 1.82) is 0 Å². The largest absolute Gasteiger partial charge is 0.497 e. The summed E-state index contributed by atoms with van der Waals surface area (Å²) in [7, 11) is 1.56. The lowest BCUT2D eigenvalue weighted by Crippen LogP contribution is -3.13. The number of carbonyl (C=O) groups excluding carboxylic acids is 2. The summed E-state index contributed by atoms with van der Waals surface area (Å²) in [6.45, 7) is 3.86. The van der Waals surface area contributed by atoms with Gasteiger partial charge in [-0.3, -0.25) is 14.5 Å². The number of hydrogen-bond donors (Lipinski definition) is 1. The lowest BCUT2D eigenvalue weighted by molar-refractivity contribution is -0.903. The number of amides is 1. The second-order valence-electron chi connectivity index (χ2n) is 5.73. The number of Topliss-reactive ketones (excluding diaryl/α,β-unsaturated/α-hetero) is 1. The molecule has 0 atom stereocenters. The first-order valence-electron chi connectivity index (χ1n) is 7.58. The van der Waals surface area contributed by atoms with Crippen molar-refractivity contribution in [3.8, 4) is 5.75 Å². The highest BCUT2D eigenvalue weighted by atomic mass is 16.5. The number of benzene rings is 1. The SMILES string of the molecule is COc1ccc2c(c1)C(=O)C(=O)N2CC[NH+]1CCCCC1. The number of methoxy groups -OCH3 is 1. The number of ketones is 1. The van der Waals surface area contributed by atoms with E-state index in [1.807, 2.05) is 6.07 Å². The monoisotopic (exact) mass is 289 g/mol. The number of piperidine rings is 1. The molecule has 1 N–H and O–H groups in total. The van der Waals surface area contributed by atoms with E-state index in [1.54, 1.807) is 24.1 Å². The molecule has 1 aromatic carbocycles. The maximum Gasteiger partial charge on any atom is 0.299 e. The highest BCUT2D eigenvalue weighted by Crippen LogP contribution is 2.31. The number of rotatable bonds is 4. The van der Waals surface area contributed by atoms with Gasteiger partial charge in [0.2, 0.25) is 0 Å². The van der Waals surface area contributed by atoms with E-state index in [9.17, 15) is 9.59 Å². The van der Waals surface area contributed by atoms with Crippen molar-refractivity contribution in [3.05, 3.63) is 23.8 Å². The fourth-order valence-electron chi connectivity index (χ4n) is 3.20. The van der Waals surface area contributed by atoms with Gasteiger partial charge in [-0.2, -0.15) is 0 Å². The third-order valence-corrected chi connectivity index (χ3v) is 4.43. The molecule has 1 aromatic rings. The summed E-state index contributed by atoms with van der Waals surface area (Å²) >= 11 is 0. The molecule has 21 heavy (non-hydrogen) atoms. The van der Waals surface area contributed by atoms with Gasteiger partial charge < -0.3 is 9.64 Å². The summed E-state index contributed by atoms with van der Waals surface area (Å²) < 4.78 is 5.13. The Kier molecular flexibility index (Phi) is 3.92. The second kappa shape index (κ2) is 5.85. The number of ether oxygens (including phenoxy) is 1. The second-order valence-corrected chi connectivity index (χ2v) is 5.73. The van der Waals surface area contributed by atoms with Gasteiger partial charge in [-0.25, -0.2) is 0 Å². The molecule has 1 fully saturated rings. The Balaban J connectivity index is 1.74. The highest BCUT2D eigenvalue weighted by molar-refractivity contribution is 6.52. The molecular weight excluding hydrogens is 268 g/mol. The lowest BCUT2D eigenvalue weighted by Gasteiger charge is -2.25. The molecule has 0 saturated carbocycles. The van der Waals surface area contributed by atoms with Gasteiger partial charge in [0.25, 0.3) is 11.7 Å². The number of nitrogens with zero attached hydrogens (tertiary/aromatic N) is 1. The molecule has 112 valence electrons. The van der Waals surface area contributed by atoms with E-state index < -0.39 is 11.7 Å². The minimum Gasteiger partial charge on any atom is -0.497 e. The van der Waals surface area contributed by atoms with Crippen LogP contribution < -0.4 is 14.5 Å². The van der Waals surface area contributed by atoms with Gasteiger partial charge >= 0.3 is 0 Å². The molecule has 0 radical (unpaired) electrons. The summed E-state index contributed by atoms with van der Waals surface area (Å²) in [5.74, 6) is -0.217. The average molecular weight is 289 g/mol. The molecule has 2 aliphatic heterocycles. The summed E-state index contributed by atoms with van der Waals surface area (Å²) in [6.07, 6.45) is 3.83. The van der Waals surface area contributed by atoms with Crippen LogP contribution in [0.4, 0.5) is 5.69 Å². The molecule has 5 nitrogen and oxygen atoms in total. The van der Waals surface area contributed by atoms with E-state index in [-0.39, 0.29) is 0 Å². The lowest BCUT2D eigenvalue weighted by atomic mass is 10.1. The molecule has 3 rings (SSSR count). The zero-order valence-corrected chi connectivity index (χ0v) is 12.4. The molecule has 0 unspecified atom stereocenters. The molecule has 5 heteroatoms. The third-order valence-electron chi connectivity index (χ3n) is 4.43. The van der Waals surface area contributed by atoms with E-state index in [4.69, 9.17) is 4.74 Å². The van der Waals surface area contributed by atoms with Gasteiger partial charge in [-0.15, -0.1) is 0 Å². The van der Waals surface area contributed by atoms with Crippen molar-refractivity contribution in [2.45, 2.75) is 19.3 Å². The fraction of sp³-hybridized carbons (Fsp3) is 0.500. The number of fused-ring (bicyclic) bond motifs is 1. The van der Waals surface area contributed by atoms with Gasteiger partial charge in [0.1, 0.15) is 5.75 Å². The van der Waals surface area contributed by atoms with Crippen LogP contribution in [-0.2, 0) is 4.79 Å². The molecule has 0 spiro atoms. The van der Waals surface area contributed by atoms with Gasteiger partial charge in [0.15, 0.2) is 0 Å². The van der Waals surface area contributed by atoms with Crippen LogP contribution >= 0.6 is 0 Å². The number of carbonyl (C=O) groups is 2. The average Bonchev–Trinajstić information content (AvgIpc) is 2.77. The smallest absolute Gasteiger partial charge is 0.299 e. The topological polar surface area (TPSA) is 51.1 Å². The van der Waals surface area contributed by atoms with Crippen LogP contribution in [0.1, 0.15) is 29.6 Å². The van der Waals surface area contributed by atoms with Crippen LogP contribution in [0.5, 0.6) is 5.75 Å². The van der Waals surface area contributed by atoms with E-state index in [1.165, 1.54) is 37.3 Å². The van der Waals surface area contributed by atoms with Crippen LogP contribution in [-0.4, -0.2) is 45.0 Å². The van der Waals surface area contributed by atoms with Gasteiger partial charge in [0.05, 0.1) is 44.5 Å². The highest BCUT2D eigenvalue weighted by Gasteiger charge is 2.36. The van der Waals surface area contributed by atoms with Crippen molar-refractivity contribution in [2.24, 2.45) is 0 Å². The minimum atomic E-state index is -0.419. The Labute approximate surface area is 124 Å². The van der Waals surface area contributed by atoms with Crippen molar-refractivity contribution >= 4 is 17.4 Å². The van der Waals surface area contributed by atoms with E-state index >= 15 is 0 Å². The Morgan fingerprint density at radius 1 is 1.19 bits per heavy atom. The zero-order chi connectivity index (χ0) is 14.8. The number of nitrogens with one attached hydrogen (secondary N) is 1. The maximum absolute atomic E-state index is 12.2. The van der Waals surface area contributed by atoms with E-state index in [0.717, 1.165) is 12.2 Å². The molecule has 0 bridgehead atoms. The zero-order valence-electron chi connectivity index (χ0n) is 12.4. The molecule has 2 aliphatic rings. The third kappa shape index (κ3) is 2.65. The first-order chi connectivity index (χ1) is 10.2. The van der Waals surface area contributed by atoms with Crippen LogP contribution in [0.25, 0.3) is 0 Å². The van der Waals surface area contributed by atoms with Crippen LogP contribution in [0, 0.1) is 0 Å². The van der Waals surface area contributed by atoms with Gasteiger partial charge in [-0.1, -0.05) is 0 Å². The summed E-state index contributed by atoms with van der Waals surface area (Å²) in [5.41, 5.74) is 1.19.